The molecule has 3 rings (SSSR count). The van der Waals surface area contributed by atoms with E-state index in [-0.39, 0.29) is 6.04 Å². The predicted octanol–water partition coefficient (Wildman–Crippen LogP) is 4.25. The van der Waals surface area contributed by atoms with Gasteiger partial charge in [-0.25, -0.2) is 9.69 Å². The van der Waals surface area contributed by atoms with Crippen LogP contribution >= 0.6 is 0 Å². The minimum atomic E-state index is -0.791. The summed E-state index contributed by atoms with van der Waals surface area (Å²) in [6.07, 6.45) is 0.748. The lowest BCUT2D eigenvalue weighted by molar-refractivity contribution is -0.133. The third-order valence-electron chi connectivity index (χ3n) is 4.73. The maximum absolute atomic E-state index is 12.5. The van der Waals surface area contributed by atoms with Gasteiger partial charge in [0.2, 0.25) is 5.91 Å². The van der Waals surface area contributed by atoms with Gasteiger partial charge in [0.25, 0.3) is 0 Å². The fourth-order valence-corrected chi connectivity index (χ4v) is 3.43. The number of nitrogens with zero attached hydrogens (tertiary/aromatic N) is 1. The zero-order chi connectivity index (χ0) is 20.3. The Hall–Kier alpha value is -2.95. The van der Waals surface area contributed by atoms with Crippen molar-refractivity contribution in [3.8, 4) is 11.1 Å². The number of carbonyl (C=O) groups is 3. The van der Waals surface area contributed by atoms with Crippen LogP contribution in [0.2, 0.25) is 0 Å². The van der Waals surface area contributed by atoms with Crippen molar-refractivity contribution < 1.29 is 19.1 Å². The SMILES string of the molecule is CC(C)(C)OC(=O)N1C(=O)C(C=O)C[C@H]1Cc1ccc(-c2ccccc2)cc1. The van der Waals surface area contributed by atoms with Crippen LogP contribution in [0.15, 0.2) is 54.6 Å². The fraction of sp³-hybridized carbons (Fsp3) is 0.348. The minimum absolute atomic E-state index is 0.321. The number of likely N-dealkylation sites (tertiary alicyclic amines) is 1. The molecule has 1 unspecified atom stereocenters. The van der Waals surface area contributed by atoms with E-state index in [0.29, 0.717) is 19.1 Å². The molecule has 0 N–H and O–H groups in total. The number of aldehydes is 1. The number of amides is 2. The van der Waals surface area contributed by atoms with Crippen molar-refractivity contribution >= 4 is 18.3 Å². The van der Waals surface area contributed by atoms with Gasteiger partial charge in [-0.3, -0.25) is 4.79 Å². The molecule has 0 spiro atoms. The third kappa shape index (κ3) is 4.47. The predicted molar refractivity (Wildman–Crippen MR) is 107 cm³/mol. The van der Waals surface area contributed by atoms with Crippen molar-refractivity contribution in [2.45, 2.75) is 45.3 Å². The summed E-state index contributed by atoms with van der Waals surface area (Å²) in [4.78, 5) is 37.4. The first-order valence-electron chi connectivity index (χ1n) is 9.44. The first-order valence-corrected chi connectivity index (χ1v) is 9.44. The highest BCUT2D eigenvalue weighted by Gasteiger charge is 2.44. The molecule has 0 aromatic heterocycles. The highest BCUT2D eigenvalue weighted by Crippen LogP contribution is 2.29. The van der Waals surface area contributed by atoms with E-state index in [1.807, 2.05) is 54.6 Å². The van der Waals surface area contributed by atoms with Gasteiger partial charge in [0, 0.05) is 6.04 Å². The fourth-order valence-electron chi connectivity index (χ4n) is 3.43. The Morgan fingerprint density at radius 3 is 2.25 bits per heavy atom. The van der Waals surface area contributed by atoms with Crippen molar-refractivity contribution in [2.75, 3.05) is 0 Å². The number of imide groups is 1. The molecule has 0 aliphatic carbocycles. The zero-order valence-corrected chi connectivity index (χ0v) is 16.4. The molecule has 146 valence electrons. The lowest BCUT2D eigenvalue weighted by Crippen LogP contribution is -2.43. The van der Waals surface area contributed by atoms with Crippen LogP contribution in [0.3, 0.4) is 0 Å². The molecule has 2 amide bonds. The maximum atomic E-state index is 12.5. The molecule has 5 nitrogen and oxygen atoms in total. The van der Waals surface area contributed by atoms with Crippen molar-refractivity contribution in [2.24, 2.45) is 5.92 Å². The summed E-state index contributed by atoms with van der Waals surface area (Å²) in [5.41, 5.74) is 2.51. The van der Waals surface area contributed by atoms with Gasteiger partial charge in [0.15, 0.2) is 0 Å². The summed E-state index contributed by atoms with van der Waals surface area (Å²) in [5.74, 6) is -1.27. The second-order valence-corrected chi connectivity index (χ2v) is 8.09. The summed E-state index contributed by atoms with van der Waals surface area (Å²) in [5, 5.41) is 0. The summed E-state index contributed by atoms with van der Waals surface area (Å²) in [6, 6.07) is 17.7. The molecular weight excluding hydrogens is 354 g/mol. The maximum Gasteiger partial charge on any atom is 0.417 e. The Morgan fingerprint density at radius 2 is 1.68 bits per heavy atom. The summed E-state index contributed by atoms with van der Waals surface area (Å²) in [7, 11) is 0. The first kappa shape index (κ1) is 19.8. The largest absolute Gasteiger partial charge is 0.443 e. The monoisotopic (exact) mass is 379 g/mol. The number of ether oxygens (including phenoxy) is 1. The average molecular weight is 379 g/mol. The standard InChI is InChI=1S/C23H25NO4/c1-23(2,3)28-22(27)24-20(14-19(15-25)21(24)26)13-16-9-11-18(12-10-16)17-7-5-4-6-8-17/h4-12,15,19-20H,13-14H2,1-3H3/t19?,20-/m1/s1. The zero-order valence-electron chi connectivity index (χ0n) is 16.4. The van der Waals surface area contributed by atoms with Gasteiger partial charge in [-0.15, -0.1) is 0 Å². The molecule has 1 aliphatic rings. The quantitative estimate of drug-likeness (QED) is 0.589. The summed E-state index contributed by atoms with van der Waals surface area (Å²) in [6.45, 7) is 5.25. The van der Waals surface area contributed by atoms with Crippen LogP contribution in [0.4, 0.5) is 4.79 Å². The second kappa shape index (κ2) is 7.97. The highest BCUT2D eigenvalue weighted by atomic mass is 16.6. The van der Waals surface area contributed by atoms with E-state index in [1.54, 1.807) is 20.8 Å². The van der Waals surface area contributed by atoms with Crippen molar-refractivity contribution in [3.63, 3.8) is 0 Å². The van der Waals surface area contributed by atoms with Crippen LogP contribution < -0.4 is 0 Å². The smallest absolute Gasteiger partial charge is 0.417 e. The normalized spacial score (nSPS) is 19.5. The lowest BCUT2D eigenvalue weighted by Gasteiger charge is -2.27. The molecular formula is C23H25NO4. The number of carbonyl (C=O) groups excluding carboxylic acids is 3. The topological polar surface area (TPSA) is 63.7 Å². The van der Waals surface area contributed by atoms with Gasteiger partial charge in [-0.05, 0) is 50.3 Å². The van der Waals surface area contributed by atoms with Gasteiger partial charge < -0.3 is 9.53 Å². The summed E-state index contributed by atoms with van der Waals surface area (Å²) < 4.78 is 5.38. The molecule has 1 saturated heterocycles. The molecule has 0 bridgehead atoms. The highest BCUT2D eigenvalue weighted by molar-refractivity contribution is 6.02. The van der Waals surface area contributed by atoms with Gasteiger partial charge in [-0.2, -0.15) is 0 Å². The minimum Gasteiger partial charge on any atom is -0.443 e. The van der Waals surface area contributed by atoms with Gasteiger partial charge in [0.1, 0.15) is 11.9 Å². The van der Waals surface area contributed by atoms with E-state index < -0.39 is 23.5 Å². The Bertz CT molecular complexity index is 852. The molecule has 2 atom stereocenters. The van der Waals surface area contributed by atoms with E-state index in [9.17, 15) is 14.4 Å². The molecule has 2 aromatic carbocycles. The Morgan fingerprint density at radius 1 is 1.07 bits per heavy atom. The number of rotatable bonds is 4. The van der Waals surface area contributed by atoms with Crippen LogP contribution in [0, 0.1) is 5.92 Å². The van der Waals surface area contributed by atoms with Gasteiger partial charge in [0.05, 0.1) is 5.92 Å². The van der Waals surface area contributed by atoms with E-state index in [4.69, 9.17) is 4.74 Å². The number of hydrogen-bond donors (Lipinski definition) is 0. The molecule has 2 aromatic rings. The summed E-state index contributed by atoms with van der Waals surface area (Å²) >= 11 is 0. The van der Waals surface area contributed by atoms with Crippen LogP contribution in [0.25, 0.3) is 11.1 Å². The Balaban J connectivity index is 1.78. The van der Waals surface area contributed by atoms with Gasteiger partial charge >= 0.3 is 6.09 Å². The van der Waals surface area contributed by atoms with Gasteiger partial charge in [-0.1, -0.05) is 54.6 Å². The third-order valence-corrected chi connectivity index (χ3v) is 4.73. The Labute approximate surface area is 165 Å². The lowest BCUT2D eigenvalue weighted by atomic mass is 9.98. The molecule has 1 fully saturated rings. The van der Waals surface area contributed by atoms with Crippen molar-refractivity contribution in [1.82, 2.24) is 4.90 Å². The molecule has 0 saturated carbocycles. The van der Waals surface area contributed by atoms with E-state index in [1.165, 1.54) is 0 Å². The van der Waals surface area contributed by atoms with E-state index in [0.717, 1.165) is 21.6 Å². The molecule has 1 aliphatic heterocycles. The number of benzene rings is 2. The van der Waals surface area contributed by atoms with Crippen LogP contribution in [-0.2, 0) is 20.7 Å². The average Bonchev–Trinajstić information content (AvgIpc) is 2.97. The molecule has 0 radical (unpaired) electrons. The molecule has 28 heavy (non-hydrogen) atoms. The van der Waals surface area contributed by atoms with Crippen LogP contribution in [-0.4, -0.2) is 34.8 Å². The molecule has 5 heteroatoms. The van der Waals surface area contributed by atoms with Crippen molar-refractivity contribution in [3.05, 3.63) is 60.2 Å². The first-order chi connectivity index (χ1) is 13.3. The Kier molecular flexibility index (Phi) is 5.63. The van der Waals surface area contributed by atoms with Crippen LogP contribution in [0.1, 0.15) is 32.8 Å². The number of hydrogen-bond acceptors (Lipinski definition) is 4. The van der Waals surface area contributed by atoms with Crippen molar-refractivity contribution in [1.29, 1.82) is 0 Å². The van der Waals surface area contributed by atoms with E-state index in [2.05, 4.69) is 0 Å². The van der Waals surface area contributed by atoms with E-state index >= 15 is 0 Å². The van der Waals surface area contributed by atoms with Crippen LogP contribution in [0.5, 0.6) is 0 Å². The molecule has 1 heterocycles. The second-order valence-electron chi connectivity index (χ2n) is 8.09.